The van der Waals surface area contributed by atoms with Crippen LogP contribution in [0.25, 0.3) is 0 Å². The van der Waals surface area contributed by atoms with Crippen LogP contribution < -0.4 is 14.8 Å². The maximum atomic E-state index is 11.9. The highest BCUT2D eigenvalue weighted by atomic mass is 16.5. The largest absolute Gasteiger partial charge is 0.493 e. The third kappa shape index (κ3) is 4.66. The van der Waals surface area contributed by atoms with Crippen molar-refractivity contribution in [3.05, 3.63) is 23.8 Å². The molecule has 6 heteroatoms. The number of benzene rings is 1. The van der Waals surface area contributed by atoms with Crippen molar-refractivity contribution >= 4 is 11.9 Å². The summed E-state index contributed by atoms with van der Waals surface area (Å²) < 4.78 is 10.6. The van der Waals surface area contributed by atoms with Crippen LogP contribution in [0, 0.1) is 0 Å². The number of carbonyl (C=O) groups excluding carboxylic acids is 1. The molecule has 0 bridgehead atoms. The number of carboxylic acid groups (broad SMARTS) is 1. The summed E-state index contributed by atoms with van der Waals surface area (Å²) >= 11 is 0. The number of rotatable bonds is 7. The van der Waals surface area contributed by atoms with Crippen molar-refractivity contribution < 1.29 is 24.2 Å². The van der Waals surface area contributed by atoms with Crippen molar-refractivity contribution in [2.24, 2.45) is 0 Å². The van der Waals surface area contributed by atoms with Gasteiger partial charge in [0.25, 0.3) is 5.91 Å². The molecule has 0 aliphatic carbocycles. The highest BCUT2D eigenvalue weighted by Gasteiger charge is 2.19. The molecule has 2 unspecified atom stereocenters. The molecule has 0 aliphatic heterocycles. The van der Waals surface area contributed by atoms with Gasteiger partial charge in [0.15, 0.2) is 17.6 Å². The second kappa shape index (κ2) is 7.52. The summed E-state index contributed by atoms with van der Waals surface area (Å²) in [5.41, 5.74) is 0.0698. The average Bonchev–Trinajstić information content (AvgIpc) is 2.46. The van der Waals surface area contributed by atoms with Gasteiger partial charge in [0, 0.05) is 6.04 Å². The third-order valence-corrected chi connectivity index (χ3v) is 3.08. The molecule has 1 amide bonds. The Morgan fingerprint density at radius 1 is 1.29 bits per heavy atom. The quantitative estimate of drug-likeness (QED) is 0.804. The minimum atomic E-state index is -1.07. The van der Waals surface area contributed by atoms with E-state index in [1.165, 1.54) is 25.3 Å². The number of aromatic carboxylic acids is 1. The van der Waals surface area contributed by atoms with Crippen LogP contribution in [0.3, 0.4) is 0 Å². The smallest absolute Gasteiger partial charge is 0.335 e. The second-order valence-electron chi connectivity index (χ2n) is 4.75. The lowest BCUT2D eigenvalue weighted by molar-refractivity contribution is -0.127. The fraction of sp³-hybridized carbons (Fsp3) is 0.467. The maximum Gasteiger partial charge on any atom is 0.335 e. The van der Waals surface area contributed by atoms with Crippen LogP contribution in [0.15, 0.2) is 18.2 Å². The number of hydrogen-bond acceptors (Lipinski definition) is 4. The summed E-state index contributed by atoms with van der Waals surface area (Å²) in [5, 5.41) is 11.8. The van der Waals surface area contributed by atoms with Gasteiger partial charge >= 0.3 is 5.97 Å². The van der Waals surface area contributed by atoms with Gasteiger partial charge in [-0.1, -0.05) is 6.92 Å². The zero-order chi connectivity index (χ0) is 16.0. The molecule has 0 fully saturated rings. The molecule has 116 valence electrons. The number of methoxy groups -OCH3 is 1. The summed E-state index contributed by atoms with van der Waals surface area (Å²) in [7, 11) is 1.45. The molecule has 0 aromatic heterocycles. The molecule has 0 radical (unpaired) electrons. The lowest BCUT2D eigenvalue weighted by atomic mass is 10.2. The van der Waals surface area contributed by atoms with Gasteiger partial charge in [0.05, 0.1) is 12.7 Å². The Hall–Kier alpha value is -2.24. The molecule has 21 heavy (non-hydrogen) atoms. The number of carboxylic acids is 1. The predicted molar refractivity (Wildman–Crippen MR) is 77.9 cm³/mol. The van der Waals surface area contributed by atoms with Gasteiger partial charge in [-0.15, -0.1) is 0 Å². The van der Waals surface area contributed by atoms with Gasteiger partial charge in [-0.2, -0.15) is 0 Å². The lowest BCUT2D eigenvalue weighted by Crippen LogP contribution is -2.41. The summed E-state index contributed by atoms with van der Waals surface area (Å²) in [4.78, 5) is 22.9. The van der Waals surface area contributed by atoms with Crippen LogP contribution in [0.4, 0.5) is 0 Å². The third-order valence-electron chi connectivity index (χ3n) is 3.08. The topological polar surface area (TPSA) is 84.9 Å². The van der Waals surface area contributed by atoms with Crippen LogP contribution in [0.2, 0.25) is 0 Å². The molecule has 0 aliphatic rings. The van der Waals surface area contributed by atoms with Crippen LogP contribution in [0.1, 0.15) is 37.6 Å². The van der Waals surface area contributed by atoms with E-state index in [9.17, 15) is 9.59 Å². The highest BCUT2D eigenvalue weighted by Crippen LogP contribution is 2.29. The first-order chi connectivity index (χ1) is 9.88. The van der Waals surface area contributed by atoms with E-state index in [4.69, 9.17) is 14.6 Å². The fourth-order valence-electron chi connectivity index (χ4n) is 1.61. The first-order valence-electron chi connectivity index (χ1n) is 6.77. The normalized spacial score (nSPS) is 13.1. The standard InChI is InChI=1S/C15H21NO5/c1-5-9(2)16-14(17)10(3)21-13-8-11(15(18)19)6-7-12(13)20-4/h6-10H,5H2,1-4H3,(H,16,17)(H,18,19). The van der Waals surface area contributed by atoms with E-state index in [1.807, 2.05) is 13.8 Å². The fourth-order valence-corrected chi connectivity index (χ4v) is 1.61. The SMILES string of the molecule is CCC(C)NC(=O)C(C)Oc1cc(C(=O)O)ccc1OC. The number of carbonyl (C=O) groups is 2. The Morgan fingerprint density at radius 3 is 2.48 bits per heavy atom. The Labute approximate surface area is 124 Å². The number of hydrogen-bond donors (Lipinski definition) is 2. The molecule has 0 saturated heterocycles. The van der Waals surface area contributed by atoms with Crippen LogP contribution in [-0.2, 0) is 4.79 Å². The van der Waals surface area contributed by atoms with Crippen molar-refractivity contribution in [3.63, 3.8) is 0 Å². The summed E-state index contributed by atoms with van der Waals surface area (Å²) in [6, 6.07) is 4.31. The van der Waals surface area contributed by atoms with E-state index >= 15 is 0 Å². The Bertz CT molecular complexity index is 515. The Balaban J connectivity index is 2.87. The number of nitrogens with one attached hydrogen (secondary N) is 1. The summed E-state index contributed by atoms with van der Waals surface area (Å²) in [6.07, 6.45) is 0.0629. The van der Waals surface area contributed by atoms with Crippen molar-refractivity contribution in [1.82, 2.24) is 5.32 Å². The lowest BCUT2D eigenvalue weighted by Gasteiger charge is -2.19. The van der Waals surface area contributed by atoms with Gasteiger partial charge in [0.2, 0.25) is 0 Å². The van der Waals surface area contributed by atoms with E-state index in [2.05, 4.69) is 5.32 Å². The zero-order valence-corrected chi connectivity index (χ0v) is 12.7. The predicted octanol–water partition coefficient (Wildman–Crippen LogP) is 2.08. The summed E-state index contributed by atoms with van der Waals surface area (Å²) in [6.45, 7) is 5.47. The molecule has 6 nitrogen and oxygen atoms in total. The van der Waals surface area contributed by atoms with E-state index in [1.54, 1.807) is 6.92 Å². The van der Waals surface area contributed by atoms with Crippen LogP contribution in [0.5, 0.6) is 11.5 Å². The van der Waals surface area contributed by atoms with Gasteiger partial charge in [-0.05, 0) is 38.5 Å². The Kier molecular flexibility index (Phi) is 6.02. The highest BCUT2D eigenvalue weighted by molar-refractivity contribution is 5.88. The van der Waals surface area contributed by atoms with E-state index < -0.39 is 12.1 Å². The van der Waals surface area contributed by atoms with Gasteiger partial charge in [0.1, 0.15) is 0 Å². The minimum absolute atomic E-state index is 0.0517. The van der Waals surface area contributed by atoms with Crippen molar-refractivity contribution in [1.29, 1.82) is 0 Å². The molecule has 0 heterocycles. The molecule has 1 rings (SSSR count). The molecular formula is C15H21NO5. The molecule has 0 saturated carbocycles. The monoisotopic (exact) mass is 295 g/mol. The van der Waals surface area contributed by atoms with Gasteiger partial charge < -0.3 is 19.9 Å². The average molecular weight is 295 g/mol. The van der Waals surface area contributed by atoms with E-state index in [0.29, 0.717) is 5.75 Å². The van der Waals surface area contributed by atoms with Crippen molar-refractivity contribution in [3.8, 4) is 11.5 Å². The van der Waals surface area contributed by atoms with Crippen molar-refractivity contribution in [2.75, 3.05) is 7.11 Å². The van der Waals surface area contributed by atoms with E-state index in [-0.39, 0.29) is 23.3 Å². The minimum Gasteiger partial charge on any atom is -0.493 e. The molecule has 1 aromatic carbocycles. The maximum absolute atomic E-state index is 11.9. The molecule has 0 spiro atoms. The van der Waals surface area contributed by atoms with Gasteiger partial charge in [-0.3, -0.25) is 4.79 Å². The number of ether oxygens (including phenoxy) is 2. The molecular weight excluding hydrogens is 274 g/mol. The molecule has 2 N–H and O–H groups in total. The van der Waals surface area contributed by atoms with Crippen LogP contribution >= 0.6 is 0 Å². The second-order valence-corrected chi connectivity index (χ2v) is 4.75. The van der Waals surface area contributed by atoms with Gasteiger partial charge in [-0.25, -0.2) is 4.79 Å². The zero-order valence-electron chi connectivity index (χ0n) is 12.7. The number of amides is 1. The first kappa shape index (κ1) is 16.8. The van der Waals surface area contributed by atoms with Crippen LogP contribution in [-0.4, -0.2) is 36.2 Å². The molecule has 2 atom stereocenters. The first-order valence-corrected chi connectivity index (χ1v) is 6.77. The van der Waals surface area contributed by atoms with E-state index in [0.717, 1.165) is 6.42 Å². The summed E-state index contributed by atoms with van der Waals surface area (Å²) in [5.74, 6) is -0.723. The Morgan fingerprint density at radius 2 is 1.95 bits per heavy atom. The molecule has 1 aromatic rings. The van der Waals surface area contributed by atoms with Crippen molar-refractivity contribution in [2.45, 2.75) is 39.3 Å².